The van der Waals surface area contributed by atoms with Gasteiger partial charge < -0.3 is 10.1 Å². The number of benzene rings is 1. The largest absolute Gasteiger partial charge is 0.493 e. The summed E-state index contributed by atoms with van der Waals surface area (Å²) < 4.78 is 18.8. The average molecular weight is 238 g/mol. The molecule has 1 aromatic carbocycles. The molecule has 0 radical (unpaired) electrons. The van der Waals surface area contributed by atoms with E-state index in [1.54, 1.807) is 6.07 Å². The second-order valence-corrected chi connectivity index (χ2v) is 4.32. The monoisotopic (exact) mass is 238 g/mol. The van der Waals surface area contributed by atoms with Gasteiger partial charge in [0.05, 0.1) is 7.11 Å². The lowest BCUT2D eigenvalue weighted by molar-refractivity contribution is 0.182. The van der Waals surface area contributed by atoms with Crippen molar-refractivity contribution in [2.24, 2.45) is 0 Å². The van der Waals surface area contributed by atoms with Gasteiger partial charge in [-0.05, 0) is 13.0 Å². The summed E-state index contributed by atoms with van der Waals surface area (Å²) in [6.07, 6.45) is 0. The van der Waals surface area contributed by atoms with Gasteiger partial charge in [0.15, 0.2) is 11.6 Å². The number of para-hydroxylation sites is 1. The van der Waals surface area contributed by atoms with Crippen LogP contribution in [-0.2, 0) is 0 Å². The predicted octanol–water partition coefficient (Wildman–Crippen LogP) is 1.80. The number of hydrogen-bond donors (Lipinski definition) is 1. The maximum atomic E-state index is 13.6. The zero-order chi connectivity index (χ0) is 12.3. The topological polar surface area (TPSA) is 24.5 Å². The number of hydrogen-bond acceptors (Lipinski definition) is 3. The zero-order valence-corrected chi connectivity index (χ0v) is 10.4. The summed E-state index contributed by atoms with van der Waals surface area (Å²) in [4.78, 5) is 2.34. The highest BCUT2D eigenvalue weighted by molar-refractivity contribution is 5.37. The summed E-state index contributed by atoms with van der Waals surface area (Å²) in [5, 5.41) is 3.31. The third-order valence-corrected chi connectivity index (χ3v) is 3.35. The minimum absolute atomic E-state index is 0.183. The third kappa shape index (κ3) is 2.58. The van der Waals surface area contributed by atoms with Crippen LogP contribution in [0.5, 0.6) is 5.75 Å². The highest BCUT2D eigenvalue weighted by Gasteiger charge is 2.22. The first-order valence-electron chi connectivity index (χ1n) is 6.01. The van der Waals surface area contributed by atoms with Crippen molar-refractivity contribution in [1.29, 1.82) is 0 Å². The van der Waals surface area contributed by atoms with Crippen molar-refractivity contribution in [3.8, 4) is 5.75 Å². The molecular weight excluding hydrogens is 219 g/mol. The van der Waals surface area contributed by atoms with Crippen LogP contribution in [0.4, 0.5) is 4.39 Å². The van der Waals surface area contributed by atoms with Gasteiger partial charge in [-0.1, -0.05) is 12.1 Å². The molecule has 0 aliphatic carbocycles. The Labute approximate surface area is 102 Å². The second kappa shape index (κ2) is 5.47. The molecule has 17 heavy (non-hydrogen) atoms. The maximum Gasteiger partial charge on any atom is 0.165 e. The van der Waals surface area contributed by atoms with E-state index in [2.05, 4.69) is 17.1 Å². The van der Waals surface area contributed by atoms with E-state index in [0.29, 0.717) is 5.75 Å². The van der Waals surface area contributed by atoms with Gasteiger partial charge in [-0.15, -0.1) is 0 Å². The van der Waals surface area contributed by atoms with E-state index in [9.17, 15) is 4.39 Å². The minimum Gasteiger partial charge on any atom is -0.493 e. The standard InChI is InChI=1S/C13H19FN2O/c1-10(16-8-6-15-7-9-16)11-4-3-5-12(14)13(11)17-2/h3-5,10,15H,6-9H2,1-2H3/t10-/m1/s1. The molecule has 0 unspecified atom stereocenters. The molecule has 3 nitrogen and oxygen atoms in total. The molecule has 0 aromatic heterocycles. The van der Waals surface area contributed by atoms with Crippen LogP contribution < -0.4 is 10.1 Å². The Kier molecular flexibility index (Phi) is 3.97. The van der Waals surface area contributed by atoms with Crippen molar-refractivity contribution in [3.05, 3.63) is 29.6 Å². The van der Waals surface area contributed by atoms with E-state index < -0.39 is 0 Å². The van der Waals surface area contributed by atoms with Crippen LogP contribution in [0.1, 0.15) is 18.5 Å². The minimum atomic E-state index is -0.285. The van der Waals surface area contributed by atoms with Gasteiger partial charge in [0, 0.05) is 37.8 Å². The molecule has 0 saturated carbocycles. The summed E-state index contributed by atoms with van der Waals surface area (Å²) in [5.74, 6) is 0.0884. The van der Waals surface area contributed by atoms with Crippen LogP contribution >= 0.6 is 0 Å². The van der Waals surface area contributed by atoms with Crippen molar-refractivity contribution in [2.45, 2.75) is 13.0 Å². The Morgan fingerprint density at radius 2 is 2.06 bits per heavy atom. The SMILES string of the molecule is COc1c(F)cccc1[C@@H](C)N1CCNCC1. The number of nitrogens with one attached hydrogen (secondary N) is 1. The van der Waals surface area contributed by atoms with Crippen LogP contribution in [0.2, 0.25) is 0 Å². The van der Waals surface area contributed by atoms with Crippen LogP contribution in [0, 0.1) is 5.82 Å². The molecule has 4 heteroatoms. The van der Waals surface area contributed by atoms with E-state index in [-0.39, 0.29) is 11.9 Å². The van der Waals surface area contributed by atoms with Gasteiger partial charge in [0.1, 0.15) is 0 Å². The Morgan fingerprint density at radius 3 is 2.71 bits per heavy atom. The first kappa shape index (κ1) is 12.3. The summed E-state index contributed by atoms with van der Waals surface area (Å²) >= 11 is 0. The number of methoxy groups -OCH3 is 1. The number of ether oxygens (including phenoxy) is 1. The molecule has 1 fully saturated rings. The van der Waals surface area contributed by atoms with E-state index in [1.165, 1.54) is 13.2 Å². The van der Waals surface area contributed by atoms with Gasteiger partial charge in [0.2, 0.25) is 0 Å². The lowest BCUT2D eigenvalue weighted by atomic mass is 10.0. The molecule has 1 heterocycles. The van der Waals surface area contributed by atoms with Crippen molar-refractivity contribution in [2.75, 3.05) is 33.3 Å². The Morgan fingerprint density at radius 1 is 1.35 bits per heavy atom. The van der Waals surface area contributed by atoms with Gasteiger partial charge in [0.25, 0.3) is 0 Å². The molecule has 2 rings (SSSR count). The number of piperazine rings is 1. The Hall–Kier alpha value is -1.13. The number of nitrogens with zero attached hydrogens (tertiary/aromatic N) is 1. The fraction of sp³-hybridized carbons (Fsp3) is 0.538. The molecule has 94 valence electrons. The molecule has 1 atom stereocenters. The van der Waals surface area contributed by atoms with Crippen LogP contribution in [0.3, 0.4) is 0 Å². The molecule has 0 spiro atoms. The summed E-state index contributed by atoms with van der Waals surface area (Å²) in [6.45, 7) is 6.05. The summed E-state index contributed by atoms with van der Waals surface area (Å²) in [5.41, 5.74) is 0.925. The molecule has 1 aliphatic heterocycles. The fourth-order valence-corrected chi connectivity index (χ4v) is 2.34. The number of halogens is 1. The number of rotatable bonds is 3. The van der Waals surface area contributed by atoms with Crippen molar-refractivity contribution >= 4 is 0 Å². The van der Waals surface area contributed by atoms with Crippen molar-refractivity contribution in [3.63, 3.8) is 0 Å². The van der Waals surface area contributed by atoms with E-state index >= 15 is 0 Å². The highest BCUT2D eigenvalue weighted by atomic mass is 19.1. The van der Waals surface area contributed by atoms with Crippen LogP contribution in [-0.4, -0.2) is 38.2 Å². The van der Waals surface area contributed by atoms with Gasteiger partial charge in [-0.25, -0.2) is 4.39 Å². The second-order valence-electron chi connectivity index (χ2n) is 4.32. The normalized spacial score (nSPS) is 19.0. The van der Waals surface area contributed by atoms with Crippen molar-refractivity contribution < 1.29 is 9.13 Å². The molecule has 0 amide bonds. The summed E-state index contributed by atoms with van der Waals surface area (Å²) in [6, 6.07) is 5.30. The quantitative estimate of drug-likeness (QED) is 0.869. The maximum absolute atomic E-state index is 13.6. The molecule has 1 N–H and O–H groups in total. The Bertz CT molecular complexity index is 378. The molecule has 1 aliphatic rings. The van der Waals surface area contributed by atoms with Gasteiger partial charge in [-0.3, -0.25) is 4.90 Å². The third-order valence-electron chi connectivity index (χ3n) is 3.35. The Balaban J connectivity index is 2.23. The smallest absolute Gasteiger partial charge is 0.165 e. The zero-order valence-electron chi connectivity index (χ0n) is 10.4. The predicted molar refractivity (Wildman–Crippen MR) is 65.8 cm³/mol. The highest BCUT2D eigenvalue weighted by Crippen LogP contribution is 2.31. The van der Waals surface area contributed by atoms with E-state index in [1.807, 2.05) is 6.07 Å². The van der Waals surface area contributed by atoms with Crippen molar-refractivity contribution in [1.82, 2.24) is 10.2 Å². The summed E-state index contributed by atoms with van der Waals surface area (Å²) in [7, 11) is 1.52. The molecular formula is C13H19FN2O. The lowest BCUT2D eigenvalue weighted by Crippen LogP contribution is -2.44. The van der Waals surface area contributed by atoms with Gasteiger partial charge in [-0.2, -0.15) is 0 Å². The van der Waals surface area contributed by atoms with Crippen LogP contribution in [0.25, 0.3) is 0 Å². The van der Waals surface area contributed by atoms with E-state index in [0.717, 1.165) is 31.7 Å². The van der Waals surface area contributed by atoms with E-state index in [4.69, 9.17) is 4.74 Å². The fourth-order valence-electron chi connectivity index (χ4n) is 2.34. The average Bonchev–Trinajstić information content (AvgIpc) is 2.38. The van der Waals surface area contributed by atoms with Gasteiger partial charge >= 0.3 is 0 Å². The first-order valence-corrected chi connectivity index (χ1v) is 6.01. The molecule has 1 aromatic rings. The van der Waals surface area contributed by atoms with Crippen LogP contribution in [0.15, 0.2) is 18.2 Å². The first-order chi connectivity index (χ1) is 8.24. The molecule has 0 bridgehead atoms. The lowest BCUT2D eigenvalue weighted by Gasteiger charge is -2.33. The molecule has 1 saturated heterocycles.